The molecule has 34 heavy (non-hydrogen) atoms. The summed E-state index contributed by atoms with van der Waals surface area (Å²) < 4.78 is 0. The molecule has 0 saturated carbocycles. The van der Waals surface area contributed by atoms with Gasteiger partial charge in [-0.25, -0.2) is 9.97 Å². The van der Waals surface area contributed by atoms with Gasteiger partial charge in [-0.15, -0.1) is 0 Å². The van der Waals surface area contributed by atoms with Gasteiger partial charge in [-0.3, -0.25) is 4.98 Å². The number of hydrogen-bond donors (Lipinski definition) is 0. The molecule has 0 aliphatic rings. The van der Waals surface area contributed by atoms with Gasteiger partial charge in [-0.1, -0.05) is 97.1 Å². The molecule has 2 heterocycles. The second-order valence-corrected chi connectivity index (χ2v) is 8.21. The van der Waals surface area contributed by atoms with Crippen molar-refractivity contribution in [3.63, 3.8) is 0 Å². The van der Waals surface area contributed by atoms with E-state index in [9.17, 15) is 0 Å². The molecule has 0 aliphatic carbocycles. The predicted molar refractivity (Wildman–Crippen MR) is 139 cm³/mol. The molecule has 0 saturated heterocycles. The minimum atomic E-state index is 0.904. The van der Waals surface area contributed by atoms with Gasteiger partial charge >= 0.3 is 0 Å². The van der Waals surface area contributed by atoms with Crippen LogP contribution in [0.25, 0.3) is 55.5 Å². The lowest BCUT2D eigenvalue weighted by Gasteiger charge is -2.09. The van der Waals surface area contributed by atoms with Crippen LogP contribution < -0.4 is 0 Å². The molecule has 0 fully saturated rings. The summed E-state index contributed by atoms with van der Waals surface area (Å²) in [4.78, 5) is 13.3. The number of nitrogens with zero attached hydrogens (tertiary/aromatic N) is 3. The summed E-state index contributed by atoms with van der Waals surface area (Å²) in [6.45, 7) is 0. The maximum Gasteiger partial charge on any atom is 0.116 e. The van der Waals surface area contributed by atoms with Crippen LogP contribution in [0.4, 0.5) is 0 Å². The quantitative estimate of drug-likeness (QED) is 0.285. The first-order valence-corrected chi connectivity index (χ1v) is 11.3. The minimum Gasteiger partial charge on any atom is -0.264 e. The Balaban J connectivity index is 1.30. The highest BCUT2D eigenvalue weighted by molar-refractivity contribution is 5.96. The van der Waals surface area contributed by atoms with Crippen LogP contribution in [0.3, 0.4) is 0 Å². The summed E-state index contributed by atoms with van der Waals surface area (Å²) in [7, 11) is 0. The largest absolute Gasteiger partial charge is 0.264 e. The standard InChI is InChI=1S/C31H21N3/c1-2-8-28-23(5-1)6-3-9-29(28)24-12-16-26(17-13-24)31-19-30(33-21-34-31)25-14-10-22(11-15-25)27-7-4-18-32-20-27/h1-21H. The van der Waals surface area contributed by atoms with Crippen LogP contribution in [0.2, 0.25) is 0 Å². The lowest BCUT2D eigenvalue weighted by Crippen LogP contribution is -1.90. The van der Waals surface area contributed by atoms with Gasteiger partial charge in [0.15, 0.2) is 0 Å². The molecule has 3 nitrogen and oxygen atoms in total. The van der Waals surface area contributed by atoms with Crippen molar-refractivity contribution >= 4 is 10.8 Å². The van der Waals surface area contributed by atoms with Gasteiger partial charge in [0.1, 0.15) is 6.33 Å². The fraction of sp³-hybridized carbons (Fsp3) is 0. The first kappa shape index (κ1) is 20.0. The Hall–Kier alpha value is -4.63. The van der Waals surface area contributed by atoms with Crippen LogP contribution >= 0.6 is 0 Å². The van der Waals surface area contributed by atoms with Crippen LogP contribution in [0, 0.1) is 0 Å². The third kappa shape index (κ3) is 3.84. The molecular formula is C31H21N3. The molecule has 0 spiro atoms. The lowest BCUT2D eigenvalue weighted by molar-refractivity contribution is 1.18. The molecule has 160 valence electrons. The van der Waals surface area contributed by atoms with Crippen LogP contribution in [-0.4, -0.2) is 15.0 Å². The lowest BCUT2D eigenvalue weighted by atomic mass is 9.97. The second-order valence-electron chi connectivity index (χ2n) is 8.21. The Kier molecular flexibility index (Phi) is 5.13. The fourth-order valence-electron chi connectivity index (χ4n) is 4.34. The Bertz CT molecular complexity index is 1570. The van der Waals surface area contributed by atoms with Crippen molar-refractivity contribution in [2.75, 3.05) is 0 Å². The molecule has 0 atom stereocenters. The van der Waals surface area contributed by atoms with E-state index in [-0.39, 0.29) is 0 Å². The van der Waals surface area contributed by atoms with Crippen molar-refractivity contribution in [2.45, 2.75) is 0 Å². The van der Waals surface area contributed by atoms with Gasteiger partial charge < -0.3 is 0 Å². The van der Waals surface area contributed by atoms with Crippen molar-refractivity contribution in [1.82, 2.24) is 15.0 Å². The molecule has 6 rings (SSSR count). The van der Waals surface area contributed by atoms with Crippen molar-refractivity contribution in [3.8, 4) is 44.8 Å². The minimum absolute atomic E-state index is 0.904. The summed E-state index contributed by atoms with van der Waals surface area (Å²) in [5.74, 6) is 0. The zero-order valence-electron chi connectivity index (χ0n) is 18.5. The molecule has 0 bridgehead atoms. The molecule has 3 heteroatoms. The monoisotopic (exact) mass is 435 g/mol. The van der Waals surface area contributed by atoms with Crippen LogP contribution in [0.15, 0.2) is 128 Å². The van der Waals surface area contributed by atoms with Gasteiger partial charge in [0.25, 0.3) is 0 Å². The normalized spacial score (nSPS) is 10.9. The summed E-state index contributed by atoms with van der Waals surface area (Å²) in [6, 6.07) is 38.0. The smallest absolute Gasteiger partial charge is 0.116 e. The van der Waals surface area contributed by atoms with E-state index in [4.69, 9.17) is 0 Å². The third-order valence-electron chi connectivity index (χ3n) is 6.12. The highest BCUT2D eigenvalue weighted by Gasteiger charge is 2.07. The van der Waals surface area contributed by atoms with Crippen molar-refractivity contribution in [3.05, 3.63) is 128 Å². The summed E-state index contributed by atoms with van der Waals surface area (Å²) in [5.41, 5.74) is 8.61. The van der Waals surface area contributed by atoms with E-state index in [1.54, 1.807) is 12.5 Å². The molecule has 0 N–H and O–H groups in total. The zero-order chi connectivity index (χ0) is 22.7. The summed E-state index contributed by atoms with van der Waals surface area (Å²) in [5, 5.41) is 2.51. The number of hydrogen-bond acceptors (Lipinski definition) is 3. The Morgan fingerprint density at radius 2 is 1.12 bits per heavy atom. The van der Waals surface area contributed by atoms with Gasteiger partial charge in [-0.2, -0.15) is 0 Å². The zero-order valence-corrected chi connectivity index (χ0v) is 18.5. The van der Waals surface area contributed by atoms with Crippen molar-refractivity contribution in [2.24, 2.45) is 0 Å². The van der Waals surface area contributed by atoms with Gasteiger partial charge in [0.05, 0.1) is 11.4 Å². The summed E-state index contributed by atoms with van der Waals surface area (Å²) >= 11 is 0. The van der Waals surface area contributed by atoms with E-state index in [0.29, 0.717) is 0 Å². The molecule has 0 aliphatic heterocycles. The average molecular weight is 436 g/mol. The average Bonchev–Trinajstić information content (AvgIpc) is 2.93. The SMILES string of the molecule is c1cncc(-c2ccc(-c3cc(-c4ccc(-c5cccc6ccccc56)cc4)ncn3)cc2)c1. The number of benzene rings is 4. The number of pyridine rings is 1. The van der Waals surface area contributed by atoms with E-state index >= 15 is 0 Å². The molecule has 4 aromatic carbocycles. The van der Waals surface area contributed by atoms with Crippen molar-refractivity contribution < 1.29 is 0 Å². The first-order chi connectivity index (χ1) is 16.8. The van der Waals surface area contributed by atoms with E-state index in [1.807, 2.05) is 18.3 Å². The molecule has 0 amide bonds. The van der Waals surface area contributed by atoms with Crippen LogP contribution in [0.1, 0.15) is 0 Å². The number of fused-ring (bicyclic) bond motifs is 1. The van der Waals surface area contributed by atoms with Crippen molar-refractivity contribution in [1.29, 1.82) is 0 Å². The third-order valence-corrected chi connectivity index (χ3v) is 6.12. The van der Waals surface area contributed by atoms with E-state index < -0.39 is 0 Å². The van der Waals surface area contributed by atoms with E-state index in [1.165, 1.54) is 21.9 Å². The molecular weight excluding hydrogens is 414 g/mol. The predicted octanol–water partition coefficient (Wildman–Crippen LogP) is 7.69. The fourth-order valence-corrected chi connectivity index (χ4v) is 4.34. The van der Waals surface area contributed by atoms with Gasteiger partial charge in [-0.05, 0) is 45.2 Å². The van der Waals surface area contributed by atoms with Gasteiger partial charge in [0.2, 0.25) is 0 Å². The number of rotatable bonds is 4. The first-order valence-electron chi connectivity index (χ1n) is 11.3. The Morgan fingerprint density at radius 1 is 0.471 bits per heavy atom. The number of aromatic nitrogens is 3. The Morgan fingerprint density at radius 3 is 1.82 bits per heavy atom. The van der Waals surface area contributed by atoms with Crippen LogP contribution in [0.5, 0.6) is 0 Å². The van der Waals surface area contributed by atoms with Crippen LogP contribution in [-0.2, 0) is 0 Å². The van der Waals surface area contributed by atoms with E-state index in [2.05, 4.69) is 112 Å². The maximum atomic E-state index is 4.53. The highest BCUT2D eigenvalue weighted by atomic mass is 14.8. The summed E-state index contributed by atoms with van der Waals surface area (Å²) in [6.07, 6.45) is 5.30. The maximum absolute atomic E-state index is 4.53. The topological polar surface area (TPSA) is 38.7 Å². The molecule has 6 aromatic rings. The molecule has 0 radical (unpaired) electrons. The Labute approximate surface area is 198 Å². The second kappa shape index (κ2) is 8.72. The molecule has 2 aromatic heterocycles. The highest BCUT2D eigenvalue weighted by Crippen LogP contribution is 2.31. The van der Waals surface area contributed by atoms with E-state index in [0.717, 1.165) is 33.6 Å². The molecule has 0 unspecified atom stereocenters. The van der Waals surface area contributed by atoms with Gasteiger partial charge in [0, 0.05) is 23.5 Å².